The van der Waals surface area contributed by atoms with Gasteiger partial charge in [0.25, 0.3) is 0 Å². The van der Waals surface area contributed by atoms with Crippen molar-refractivity contribution in [3.8, 4) is 0 Å². The molecule has 2 atom stereocenters. The Morgan fingerprint density at radius 1 is 1.17 bits per heavy atom. The van der Waals surface area contributed by atoms with E-state index < -0.39 is 5.97 Å². The molecule has 24 heavy (non-hydrogen) atoms. The first-order valence-corrected chi connectivity index (χ1v) is 8.42. The number of nitrogen functional groups attached to an aromatic ring is 1. The SMILES string of the molecule is N=C(N)c1ccc(NC(=O)CCC2CCCCC2CC(=O)O)cc1. The summed E-state index contributed by atoms with van der Waals surface area (Å²) in [5.74, 6) is -0.304. The van der Waals surface area contributed by atoms with Gasteiger partial charge in [0.15, 0.2) is 0 Å². The summed E-state index contributed by atoms with van der Waals surface area (Å²) < 4.78 is 0. The number of hydrogen-bond donors (Lipinski definition) is 4. The molecular formula is C18H25N3O3. The van der Waals surface area contributed by atoms with E-state index in [1.165, 1.54) is 0 Å². The molecule has 0 saturated heterocycles. The lowest BCUT2D eigenvalue weighted by molar-refractivity contribution is -0.138. The van der Waals surface area contributed by atoms with Crippen LogP contribution in [0, 0.1) is 17.2 Å². The minimum Gasteiger partial charge on any atom is -0.481 e. The van der Waals surface area contributed by atoms with Crippen molar-refractivity contribution in [2.24, 2.45) is 17.6 Å². The lowest BCUT2D eigenvalue weighted by Crippen LogP contribution is -2.24. The highest BCUT2D eigenvalue weighted by atomic mass is 16.4. The van der Waals surface area contributed by atoms with Crippen LogP contribution >= 0.6 is 0 Å². The summed E-state index contributed by atoms with van der Waals surface area (Å²) in [4.78, 5) is 23.1. The number of amides is 1. The van der Waals surface area contributed by atoms with Crippen LogP contribution < -0.4 is 11.1 Å². The summed E-state index contributed by atoms with van der Waals surface area (Å²) in [6.07, 6.45) is 5.50. The molecule has 2 unspecified atom stereocenters. The molecule has 1 fully saturated rings. The maximum Gasteiger partial charge on any atom is 0.303 e. The second kappa shape index (κ2) is 8.47. The molecule has 0 radical (unpaired) electrons. The number of carboxylic acids is 1. The Kier molecular flexibility index (Phi) is 6.35. The molecule has 1 aromatic rings. The van der Waals surface area contributed by atoms with Gasteiger partial charge < -0.3 is 16.2 Å². The molecule has 0 aliphatic heterocycles. The van der Waals surface area contributed by atoms with Crippen LogP contribution in [0.4, 0.5) is 5.69 Å². The average Bonchev–Trinajstić information content (AvgIpc) is 2.54. The predicted molar refractivity (Wildman–Crippen MR) is 93.0 cm³/mol. The van der Waals surface area contributed by atoms with E-state index in [0.717, 1.165) is 32.1 Å². The van der Waals surface area contributed by atoms with Crippen LogP contribution in [0.2, 0.25) is 0 Å². The van der Waals surface area contributed by atoms with E-state index in [1.54, 1.807) is 24.3 Å². The summed E-state index contributed by atoms with van der Waals surface area (Å²) in [6, 6.07) is 6.84. The van der Waals surface area contributed by atoms with Crippen molar-refractivity contribution >= 4 is 23.4 Å². The Balaban J connectivity index is 1.83. The monoisotopic (exact) mass is 331 g/mol. The second-order valence-corrected chi connectivity index (χ2v) is 6.48. The van der Waals surface area contributed by atoms with Gasteiger partial charge in [0.05, 0.1) is 0 Å². The van der Waals surface area contributed by atoms with Crippen LogP contribution in [0.3, 0.4) is 0 Å². The van der Waals surface area contributed by atoms with Crippen molar-refractivity contribution < 1.29 is 14.7 Å². The molecule has 1 saturated carbocycles. The molecule has 0 bridgehead atoms. The van der Waals surface area contributed by atoms with E-state index in [4.69, 9.17) is 16.2 Å². The number of carboxylic acid groups (broad SMARTS) is 1. The molecule has 0 aromatic heterocycles. The lowest BCUT2D eigenvalue weighted by atomic mass is 9.75. The Hall–Kier alpha value is -2.37. The summed E-state index contributed by atoms with van der Waals surface area (Å²) in [5, 5.41) is 19.2. The zero-order valence-corrected chi connectivity index (χ0v) is 13.8. The van der Waals surface area contributed by atoms with Gasteiger partial charge in [0, 0.05) is 24.1 Å². The third-order valence-corrected chi connectivity index (χ3v) is 4.73. The topological polar surface area (TPSA) is 116 Å². The summed E-state index contributed by atoms with van der Waals surface area (Å²) in [7, 11) is 0. The summed E-state index contributed by atoms with van der Waals surface area (Å²) in [5.41, 5.74) is 6.69. The smallest absolute Gasteiger partial charge is 0.303 e. The van der Waals surface area contributed by atoms with Crippen molar-refractivity contribution in [1.82, 2.24) is 0 Å². The summed E-state index contributed by atoms with van der Waals surface area (Å²) >= 11 is 0. The molecule has 1 aliphatic rings. The number of nitrogens with two attached hydrogens (primary N) is 1. The molecule has 6 heteroatoms. The van der Waals surface area contributed by atoms with Crippen molar-refractivity contribution in [2.75, 3.05) is 5.32 Å². The van der Waals surface area contributed by atoms with Gasteiger partial charge in [-0.25, -0.2) is 0 Å². The maximum atomic E-state index is 12.1. The van der Waals surface area contributed by atoms with Crippen LogP contribution in [0.1, 0.15) is 50.5 Å². The number of carbonyl (C=O) groups excluding carboxylic acids is 1. The first kappa shape index (κ1) is 18.0. The molecule has 0 spiro atoms. The third kappa shape index (κ3) is 5.37. The highest BCUT2D eigenvalue weighted by molar-refractivity contribution is 5.96. The Bertz CT molecular complexity index is 598. The fourth-order valence-electron chi connectivity index (χ4n) is 3.43. The van der Waals surface area contributed by atoms with Gasteiger partial charge in [0.2, 0.25) is 5.91 Å². The van der Waals surface area contributed by atoms with E-state index in [2.05, 4.69) is 5.32 Å². The lowest BCUT2D eigenvalue weighted by Gasteiger charge is -2.30. The van der Waals surface area contributed by atoms with Crippen LogP contribution in [-0.4, -0.2) is 22.8 Å². The van der Waals surface area contributed by atoms with Crippen molar-refractivity contribution in [2.45, 2.75) is 44.9 Å². The molecular weight excluding hydrogens is 306 g/mol. The van der Waals surface area contributed by atoms with Gasteiger partial charge in [-0.2, -0.15) is 0 Å². The maximum absolute atomic E-state index is 12.1. The number of hydrogen-bond acceptors (Lipinski definition) is 3. The van der Waals surface area contributed by atoms with Gasteiger partial charge >= 0.3 is 5.97 Å². The Labute approximate surface area is 141 Å². The van der Waals surface area contributed by atoms with E-state index >= 15 is 0 Å². The highest BCUT2D eigenvalue weighted by Gasteiger charge is 2.27. The Morgan fingerprint density at radius 3 is 2.38 bits per heavy atom. The molecule has 0 heterocycles. The summed E-state index contributed by atoms with van der Waals surface area (Å²) in [6.45, 7) is 0. The second-order valence-electron chi connectivity index (χ2n) is 6.48. The van der Waals surface area contributed by atoms with Gasteiger partial charge in [-0.3, -0.25) is 15.0 Å². The minimum absolute atomic E-state index is 0.00496. The zero-order chi connectivity index (χ0) is 17.5. The fraction of sp³-hybridized carbons (Fsp3) is 0.500. The van der Waals surface area contributed by atoms with E-state index in [1.807, 2.05) is 0 Å². The fourth-order valence-corrected chi connectivity index (χ4v) is 3.43. The van der Waals surface area contributed by atoms with Crippen molar-refractivity contribution in [1.29, 1.82) is 5.41 Å². The normalized spacial score (nSPS) is 20.3. The number of amidine groups is 1. The van der Waals surface area contributed by atoms with Crippen molar-refractivity contribution in [3.05, 3.63) is 29.8 Å². The first-order chi connectivity index (χ1) is 11.5. The predicted octanol–water partition coefficient (Wildman–Crippen LogP) is 2.97. The van der Waals surface area contributed by atoms with Crippen LogP contribution in [0.5, 0.6) is 0 Å². The molecule has 1 aliphatic carbocycles. The number of rotatable bonds is 7. The Morgan fingerprint density at radius 2 is 1.79 bits per heavy atom. The molecule has 1 aromatic carbocycles. The van der Waals surface area contributed by atoms with Gasteiger partial charge in [-0.05, 0) is 48.9 Å². The number of anilines is 1. The number of carbonyl (C=O) groups is 2. The molecule has 1 amide bonds. The standard InChI is InChI=1S/C18H25N3O3/c19-18(20)13-5-8-15(9-6-13)21-16(22)10-7-12-3-1-2-4-14(12)11-17(23)24/h5-6,8-9,12,14H,1-4,7,10-11H2,(H3,19,20)(H,21,22)(H,23,24). The minimum atomic E-state index is -0.748. The molecule has 6 nitrogen and oxygen atoms in total. The zero-order valence-electron chi connectivity index (χ0n) is 13.8. The first-order valence-electron chi connectivity index (χ1n) is 8.42. The number of nitrogens with one attached hydrogen (secondary N) is 2. The number of aliphatic carboxylic acids is 1. The molecule has 5 N–H and O–H groups in total. The van der Waals surface area contributed by atoms with Gasteiger partial charge in [-0.15, -0.1) is 0 Å². The van der Waals surface area contributed by atoms with E-state index in [-0.39, 0.29) is 24.1 Å². The highest BCUT2D eigenvalue weighted by Crippen LogP contribution is 2.35. The average molecular weight is 331 g/mol. The van der Waals surface area contributed by atoms with E-state index in [9.17, 15) is 9.59 Å². The third-order valence-electron chi connectivity index (χ3n) is 4.73. The molecule has 130 valence electrons. The van der Waals surface area contributed by atoms with Crippen molar-refractivity contribution in [3.63, 3.8) is 0 Å². The van der Waals surface area contributed by atoms with Crippen LogP contribution in [0.15, 0.2) is 24.3 Å². The van der Waals surface area contributed by atoms with Crippen LogP contribution in [-0.2, 0) is 9.59 Å². The van der Waals surface area contributed by atoms with Gasteiger partial charge in [0.1, 0.15) is 5.84 Å². The molecule has 2 rings (SSSR count). The largest absolute Gasteiger partial charge is 0.481 e. The van der Waals surface area contributed by atoms with Gasteiger partial charge in [-0.1, -0.05) is 19.3 Å². The number of benzene rings is 1. The van der Waals surface area contributed by atoms with Crippen LogP contribution in [0.25, 0.3) is 0 Å². The quantitative estimate of drug-likeness (QED) is 0.454. The van der Waals surface area contributed by atoms with E-state index in [0.29, 0.717) is 23.6 Å².